The van der Waals surface area contributed by atoms with Crippen molar-refractivity contribution in [1.82, 2.24) is 0 Å². The van der Waals surface area contributed by atoms with E-state index in [2.05, 4.69) is 0 Å². The first-order valence-electron chi connectivity index (χ1n) is 2.94. The molecule has 0 aliphatic carbocycles. The normalized spacial score (nSPS) is 43.6. The molecule has 4 heteroatoms. The van der Waals surface area contributed by atoms with Gasteiger partial charge in [0.15, 0.2) is 0 Å². The molecule has 9 heavy (non-hydrogen) atoms. The van der Waals surface area contributed by atoms with E-state index in [1.54, 1.807) is 0 Å². The molecule has 1 saturated heterocycles. The van der Waals surface area contributed by atoms with Crippen molar-refractivity contribution in [3.8, 4) is 0 Å². The second kappa shape index (κ2) is 2.69. The van der Waals surface area contributed by atoms with Crippen molar-refractivity contribution < 1.29 is 14.9 Å². The summed E-state index contributed by atoms with van der Waals surface area (Å²) >= 11 is 0. The van der Waals surface area contributed by atoms with Crippen LogP contribution in [0.3, 0.4) is 0 Å². The van der Waals surface area contributed by atoms with Gasteiger partial charge < -0.3 is 14.9 Å². The van der Waals surface area contributed by atoms with Gasteiger partial charge in [0.05, 0.1) is 12.7 Å². The quantitative estimate of drug-likeness (QED) is 0.428. The third kappa shape index (κ3) is 1.44. The summed E-state index contributed by atoms with van der Waals surface area (Å²) in [5.74, 6) is 0. The van der Waals surface area contributed by atoms with E-state index in [0.29, 0.717) is 6.42 Å². The first kappa shape index (κ1) is 7.06. The number of aliphatic hydroxyl groups is 2. The van der Waals surface area contributed by atoms with E-state index < -0.39 is 18.2 Å². The van der Waals surface area contributed by atoms with Crippen LogP contribution >= 0.6 is 0 Å². The predicted molar refractivity (Wildman–Crippen MR) is 32.1 cm³/mol. The molecule has 0 amide bonds. The number of aliphatic hydroxyl groups excluding tert-OH is 2. The molecule has 50 valence electrons. The summed E-state index contributed by atoms with van der Waals surface area (Å²) < 4.78 is 4.90. The monoisotopic (exact) mass is 128 g/mol. The fourth-order valence-electron chi connectivity index (χ4n) is 0.925. The highest BCUT2D eigenvalue weighted by Crippen LogP contribution is 2.17. The molecule has 2 N–H and O–H groups in total. The zero-order chi connectivity index (χ0) is 6.85. The van der Waals surface area contributed by atoms with Crippen LogP contribution in [0.5, 0.6) is 0 Å². The van der Waals surface area contributed by atoms with Gasteiger partial charge in [0, 0.05) is 6.00 Å². The first-order chi connectivity index (χ1) is 4.24. The third-order valence-electron chi connectivity index (χ3n) is 1.43. The highest BCUT2D eigenvalue weighted by molar-refractivity contribution is 6.11. The van der Waals surface area contributed by atoms with Crippen LogP contribution in [0.15, 0.2) is 0 Å². The highest BCUT2D eigenvalue weighted by Gasteiger charge is 2.29. The average Bonchev–Trinajstić information content (AvgIpc) is 2.10. The summed E-state index contributed by atoms with van der Waals surface area (Å²) in [7, 11) is 5.30. The molecule has 1 rings (SSSR count). The van der Waals surface area contributed by atoms with Gasteiger partial charge in [-0.1, -0.05) is 0 Å². The van der Waals surface area contributed by atoms with E-state index in [4.69, 9.17) is 22.8 Å². The maximum atomic E-state index is 8.99. The number of hydrogen-bond acceptors (Lipinski definition) is 3. The fraction of sp³-hybridized carbons (Fsp3) is 1.00. The van der Waals surface area contributed by atoms with Gasteiger partial charge in [0.1, 0.15) is 14.0 Å². The molecule has 0 aromatic rings. The average molecular weight is 128 g/mol. The first-order valence-corrected chi connectivity index (χ1v) is 2.94. The Hall–Kier alpha value is -0.0551. The van der Waals surface area contributed by atoms with Crippen LogP contribution in [0.4, 0.5) is 0 Å². The summed E-state index contributed by atoms with van der Waals surface area (Å²) in [6, 6.07) is -0.405. The van der Waals surface area contributed by atoms with E-state index in [9.17, 15) is 0 Å². The SMILES string of the molecule is [B][C@H]1C[C@@H](O)[C@@H](CO)O1. The molecule has 0 unspecified atom stereocenters. The van der Waals surface area contributed by atoms with Gasteiger partial charge in [-0.3, -0.25) is 0 Å². The molecule has 2 radical (unpaired) electrons. The molecular weight excluding hydrogens is 119 g/mol. The summed E-state index contributed by atoms with van der Waals surface area (Å²) in [6.07, 6.45) is -0.643. The Kier molecular flexibility index (Phi) is 2.11. The van der Waals surface area contributed by atoms with Crippen molar-refractivity contribution in [2.24, 2.45) is 0 Å². The summed E-state index contributed by atoms with van der Waals surface area (Å²) in [5.41, 5.74) is 0. The van der Waals surface area contributed by atoms with E-state index in [0.717, 1.165) is 0 Å². The van der Waals surface area contributed by atoms with E-state index in [1.165, 1.54) is 0 Å². The summed E-state index contributed by atoms with van der Waals surface area (Å²) in [4.78, 5) is 0. The van der Waals surface area contributed by atoms with E-state index >= 15 is 0 Å². The molecule has 1 aliphatic rings. The van der Waals surface area contributed by atoms with Crippen molar-refractivity contribution in [2.75, 3.05) is 6.61 Å². The molecule has 0 spiro atoms. The van der Waals surface area contributed by atoms with Crippen molar-refractivity contribution in [2.45, 2.75) is 24.6 Å². The van der Waals surface area contributed by atoms with Crippen LogP contribution in [0.1, 0.15) is 6.42 Å². The lowest BCUT2D eigenvalue weighted by Crippen LogP contribution is -2.24. The van der Waals surface area contributed by atoms with Crippen molar-refractivity contribution in [1.29, 1.82) is 0 Å². The fourth-order valence-corrected chi connectivity index (χ4v) is 0.925. The maximum absolute atomic E-state index is 8.99. The van der Waals surface area contributed by atoms with Gasteiger partial charge in [-0.15, -0.1) is 0 Å². The van der Waals surface area contributed by atoms with Crippen LogP contribution in [-0.2, 0) is 4.74 Å². The molecule has 3 nitrogen and oxygen atoms in total. The zero-order valence-corrected chi connectivity index (χ0v) is 5.03. The lowest BCUT2D eigenvalue weighted by Gasteiger charge is -2.09. The second-order valence-corrected chi connectivity index (χ2v) is 2.20. The smallest absolute Gasteiger partial charge is 0.109 e. The Bertz CT molecular complexity index is 98.2. The van der Waals surface area contributed by atoms with Gasteiger partial charge in [-0.25, -0.2) is 0 Å². The lowest BCUT2D eigenvalue weighted by atomic mass is 9.96. The van der Waals surface area contributed by atoms with Gasteiger partial charge in [0.25, 0.3) is 0 Å². The Labute approximate surface area is 55.0 Å². The van der Waals surface area contributed by atoms with Crippen molar-refractivity contribution >= 4 is 7.85 Å². The Morgan fingerprint density at radius 3 is 2.56 bits per heavy atom. The van der Waals surface area contributed by atoms with Crippen LogP contribution in [0, 0.1) is 0 Å². The molecule has 0 bridgehead atoms. The van der Waals surface area contributed by atoms with E-state index in [1.807, 2.05) is 0 Å². The summed E-state index contributed by atoms with van der Waals surface area (Å²) in [6.45, 7) is -0.158. The van der Waals surface area contributed by atoms with Gasteiger partial charge >= 0.3 is 0 Å². The molecule has 3 atom stereocenters. The third-order valence-corrected chi connectivity index (χ3v) is 1.43. The Morgan fingerprint density at radius 2 is 2.33 bits per heavy atom. The van der Waals surface area contributed by atoms with Gasteiger partial charge in [-0.05, 0) is 6.42 Å². The molecule has 0 saturated carbocycles. The number of ether oxygens (including phenoxy) is 1. The number of rotatable bonds is 1. The van der Waals surface area contributed by atoms with E-state index in [-0.39, 0.29) is 6.61 Å². The molecular formula is C5H9BO3. The minimum Gasteiger partial charge on any atom is -0.394 e. The largest absolute Gasteiger partial charge is 0.394 e. The lowest BCUT2D eigenvalue weighted by molar-refractivity contribution is -0.00408. The van der Waals surface area contributed by atoms with Crippen LogP contribution in [0.25, 0.3) is 0 Å². The topological polar surface area (TPSA) is 49.7 Å². The van der Waals surface area contributed by atoms with Crippen LogP contribution < -0.4 is 0 Å². The highest BCUT2D eigenvalue weighted by atomic mass is 16.5. The van der Waals surface area contributed by atoms with Crippen LogP contribution in [0.2, 0.25) is 0 Å². The summed E-state index contributed by atoms with van der Waals surface area (Å²) in [5, 5.41) is 17.5. The Morgan fingerprint density at radius 1 is 1.67 bits per heavy atom. The molecule has 1 aliphatic heterocycles. The van der Waals surface area contributed by atoms with Crippen LogP contribution in [-0.4, -0.2) is 42.9 Å². The Balaban J connectivity index is 2.38. The predicted octanol–water partition coefficient (Wildman–Crippen LogP) is -1.38. The van der Waals surface area contributed by atoms with Crippen molar-refractivity contribution in [3.63, 3.8) is 0 Å². The number of hydrogen-bond donors (Lipinski definition) is 2. The molecule has 0 aromatic carbocycles. The van der Waals surface area contributed by atoms with Crippen molar-refractivity contribution in [3.05, 3.63) is 0 Å². The van der Waals surface area contributed by atoms with Gasteiger partial charge in [0.2, 0.25) is 0 Å². The van der Waals surface area contributed by atoms with Gasteiger partial charge in [-0.2, -0.15) is 0 Å². The molecule has 1 fully saturated rings. The molecule has 0 aromatic heterocycles. The standard InChI is InChI=1S/C5H9BO3/c6-5-1-3(8)4(2-7)9-5/h3-5,7-8H,1-2H2/t3-,4-,5-/m1/s1. The maximum Gasteiger partial charge on any atom is 0.109 e. The molecule has 1 heterocycles. The minimum absolute atomic E-state index is 0.158. The zero-order valence-electron chi connectivity index (χ0n) is 5.03. The second-order valence-electron chi connectivity index (χ2n) is 2.20. The minimum atomic E-state index is -0.593.